The molecule has 0 bridgehead atoms. The van der Waals surface area contributed by atoms with E-state index in [0.29, 0.717) is 28.2 Å². The van der Waals surface area contributed by atoms with Gasteiger partial charge in [-0.2, -0.15) is 0 Å². The van der Waals surface area contributed by atoms with Gasteiger partial charge < -0.3 is 13.9 Å². The third-order valence-corrected chi connectivity index (χ3v) is 16.0. The Hall–Kier alpha value is -10.8. The number of fused-ring (bicyclic) bond motifs is 10. The Labute approximate surface area is 494 Å². The maximum absolute atomic E-state index is 9.14. The lowest BCUT2D eigenvalue weighted by Crippen LogP contribution is -2.31. The molecule has 0 unspecified atom stereocenters. The topological polar surface area (TPSA) is 45.7 Å². The minimum atomic E-state index is -0.573. The van der Waals surface area contributed by atoms with Crippen molar-refractivity contribution in [1.82, 2.24) is 23.3 Å². The number of para-hydroxylation sites is 7. The number of benzene rings is 11. The zero-order valence-corrected chi connectivity index (χ0v) is 45.3. The van der Waals surface area contributed by atoms with E-state index in [1.807, 2.05) is 65.4 Å². The van der Waals surface area contributed by atoms with Gasteiger partial charge in [0.1, 0.15) is 17.3 Å². The highest BCUT2D eigenvalue weighted by atomic mass is 16.5. The van der Waals surface area contributed by atoms with Crippen LogP contribution in [0.4, 0.5) is 0 Å². The molecule has 0 aliphatic heterocycles. The van der Waals surface area contributed by atoms with Crippen LogP contribution in [0.1, 0.15) is 40.0 Å². The number of imidazole rings is 1. The summed E-state index contributed by atoms with van der Waals surface area (Å²) in [7, 11) is 0. The van der Waals surface area contributed by atoms with Crippen molar-refractivity contribution in [2.75, 3.05) is 0 Å². The molecule has 83 heavy (non-hydrogen) atoms. The molecular formula is C76H54N6O. The molecule has 0 saturated carbocycles. The molecule has 16 rings (SSSR count). The van der Waals surface area contributed by atoms with Gasteiger partial charge >= 0.3 is 0 Å². The van der Waals surface area contributed by atoms with E-state index in [4.69, 9.17) is 23.4 Å². The Balaban J connectivity index is 0.857. The zero-order valence-electron chi connectivity index (χ0n) is 55.3. The van der Waals surface area contributed by atoms with Crippen LogP contribution in [0.3, 0.4) is 0 Å². The normalized spacial score (nSPS) is 13.7. The molecule has 0 radical (unpaired) electrons. The quantitative estimate of drug-likeness (QED) is 0.107. The summed E-state index contributed by atoms with van der Waals surface area (Å²) in [5.74, 6) is 1.81. The van der Waals surface area contributed by atoms with Gasteiger partial charge in [-0.15, -0.1) is 0 Å². The van der Waals surface area contributed by atoms with Crippen LogP contribution in [-0.2, 0) is 5.41 Å². The van der Waals surface area contributed by atoms with Crippen LogP contribution in [0.25, 0.3) is 127 Å². The lowest BCUT2D eigenvalue weighted by Gasteiger charge is -2.20. The molecule has 5 aromatic heterocycles. The van der Waals surface area contributed by atoms with Gasteiger partial charge in [-0.3, -0.25) is 13.7 Å². The molecule has 16 aromatic rings. The minimum absolute atomic E-state index is 0.138. The summed E-state index contributed by atoms with van der Waals surface area (Å²) >= 11 is 0. The minimum Gasteiger partial charge on any atom is -0.458 e. The van der Waals surface area contributed by atoms with Crippen molar-refractivity contribution in [2.45, 2.75) is 26.2 Å². The van der Waals surface area contributed by atoms with E-state index in [-0.39, 0.29) is 33.4 Å². The fraction of sp³-hybridized carbons (Fsp3) is 0.0526. The largest absolute Gasteiger partial charge is 0.458 e. The Morgan fingerprint density at radius 1 is 0.446 bits per heavy atom. The zero-order chi connectivity index (χ0) is 64.0. The Bertz CT molecular complexity index is 5680. The van der Waals surface area contributed by atoms with Gasteiger partial charge in [0.25, 0.3) is 6.33 Å². The average Bonchev–Trinajstić information content (AvgIpc) is 1.18. The number of aromatic nitrogens is 6. The summed E-state index contributed by atoms with van der Waals surface area (Å²) in [5, 5.41) is 6.67. The smallest absolute Gasteiger partial charge is 0.269 e. The van der Waals surface area contributed by atoms with Gasteiger partial charge in [-0.05, 0) is 118 Å². The van der Waals surface area contributed by atoms with Crippen LogP contribution in [0, 0.1) is 6.33 Å². The molecule has 0 aliphatic rings. The molecule has 0 aliphatic carbocycles. The molecular weight excluding hydrogens is 1010 g/mol. The molecule has 0 saturated heterocycles. The van der Waals surface area contributed by atoms with Gasteiger partial charge in [-0.1, -0.05) is 196 Å². The van der Waals surface area contributed by atoms with Crippen molar-refractivity contribution in [2.24, 2.45) is 0 Å². The number of hydrogen-bond donors (Lipinski definition) is 0. The fourth-order valence-electron chi connectivity index (χ4n) is 12.3. The molecule has 7 heteroatoms. The average molecular weight is 1080 g/mol. The van der Waals surface area contributed by atoms with E-state index in [0.717, 1.165) is 77.4 Å². The second-order valence-electron chi connectivity index (χ2n) is 21.8. The summed E-state index contributed by atoms with van der Waals surface area (Å²) in [5.41, 5.74) is 11.3. The first-order chi connectivity index (χ1) is 45.0. The first kappa shape index (κ1) is 38.8. The van der Waals surface area contributed by atoms with Gasteiger partial charge in [0.15, 0.2) is 0 Å². The molecule has 11 aromatic carbocycles. The number of ether oxygens (including phenoxy) is 1. The highest BCUT2D eigenvalue weighted by Crippen LogP contribution is 2.43. The molecule has 0 spiro atoms. The maximum atomic E-state index is 9.14. The Morgan fingerprint density at radius 3 is 1.72 bits per heavy atom. The standard InChI is InChI=1S/C76H54N6O/c1-76(2,3)52-43-44-77-73(45-52)82-68-42-39-54(80-65-33-13-12-29-61(65)63-32-20-38-71(75(63)80)81-66-34-14-10-27-59(66)60-28-11-15-35-67(60)81)47-64(68)62-41-40-56(48-72(62)82)83-55-26-18-25-53(46-55)78-49-79(70-37-17-16-36-69(70)78)74-57(50-21-6-4-7-22-50)30-19-31-58(74)51-23-8-5-9-24-51/h4-48H,1-3H3/i4D,5D,6D,7D,8D,9D,21D,22D,23D,24D. The first-order valence-electron chi connectivity index (χ1n) is 32.5. The first-order valence-corrected chi connectivity index (χ1v) is 27.5. The summed E-state index contributed by atoms with van der Waals surface area (Å²) in [6, 6.07) is 64.0. The number of rotatable bonds is 9. The molecule has 0 N–H and O–H groups in total. The van der Waals surface area contributed by atoms with Crippen molar-refractivity contribution >= 4 is 76.5 Å². The SMILES string of the molecule is [2H]c1c([2H])c([2H])c(-c2cccc(-c3c([2H])c([2H])c([2H])c([2H])c3[2H])c2-[n+]2[c-]n(-c3cccc(Oc4ccc5c6cc(-n7c8ccccc8c8cccc(-n9c%10ccccc%10c%10ccccc%109)c87)ccc6n(-c6cc(C(C)(C)C)ccn6)c5c4)c3)c3ccccc32)c([2H])c1[2H]. The fourth-order valence-corrected chi connectivity index (χ4v) is 12.3. The molecule has 5 heterocycles. The molecule has 0 amide bonds. The number of pyridine rings is 1. The van der Waals surface area contributed by atoms with Crippen LogP contribution < -0.4 is 9.30 Å². The van der Waals surface area contributed by atoms with Crippen molar-refractivity contribution in [3.63, 3.8) is 0 Å². The number of hydrogen-bond acceptors (Lipinski definition) is 2. The summed E-state index contributed by atoms with van der Waals surface area (Å²) < 4.78 is 106. The van der Waals surface area contributed by atoms with Crippen LogP contribution in [0.5, 0.6) is 11.5 Å². The second kappa shape index (κ2) is 18.9. The van der Waals surface area contributed by atoms with Gasteiger partial charge in [0, 0.05) is 50.3 Å². The summed E-state index contributed by atoms with van der Waals surface area (Å²) in [6.45, 7) is 6.59. The van der Waals surface area contributed by atoms with Crippen LogP contribution in [0.15, 0.2) is 273 Å². The van der Waals surface area contributed by atoms with Crippen molar-refractivity contribution < 1.29 is 23.0 Å². The highest BCUT2D eigenvalue weighted by Gasteiger charge is 2.24. The van der Waals surface area contributed by atoms with Gasteiger partial charge in [0.2, 0.25) is 0 Å². The molecule has 7 nitrogen and oxygen atoms in total. The van der Waals surface area contributed by atoms with Crippen molar-refractivity contribution in [3.05, 3.63) is 285 Å². The van der Waals surface area contributed by atoms with Crippen molar-refractivity contribution in [3.8, 4) is 62.3 Å². The Kier molecular flexibility index (Phi) is 8.85. The van der Waals surface area contributed by atoms with E-state index in [1.165, 1.54) is 10.8 Å². The second-order valence-corrected chi connectivity index (χ2v) is 21.8. The molecule has 394 valence electrons. The van der Waals surface area contributed by atoms with Crippen molar-refractivity contribution in [1.29, 1.82) is 0 Å². The number of nitrogens with zero attached hydrogens (tertiary/aromatic N) is 6. The monoisotopic (exact) mass is 1080 g/mol. The van der Waals surface area contributed by atoms with E-state index in [9.17, 15) is 0 Å². The molecule has 0 atom stereocenters. The third-order valence-electron chi connectivity index (χ3n) is 16.0. The van der Waals surface area contributed by atoms with Gasteiger partial charge in [-0.25, -0.2) is 4.98 Å². The maximum Gasteiger partial charge on any atom is 0.269 e. The van der Waals surface area contributed by atoms with E-state index < -0.39 is 60.4 Å². The van der Waals surface area contributed by atoms with E-state index >= 15 is 0 Å². The summed E-state index contributed by atoms with van der Waals surface area (Å²) in [4.78, 5) is 5.05. The Morgan fingerprint density at radius 2 is 1.02 bits per heavy atom. The van der Waals surface area contributed by atoms with Crippen LogP contribution in [-0.4, -0.2) is 23.3 Å². The predicted octanol–water partition coefficient (Wildman–Crippen LogP) is 18.8. The van der Waals surface area contributed by atoms with E-state index in [2.05, 4.69) is 174 Å². The predicted molar refractivity (Wildman–Crippen MR) is 341 cm³/mol. The lowest BCUT2D eigenvalue weighted by molar-refractivity contribution is -0.571. The van der Waals surface area contributed by atoms with Gasteiger partial charge in [0.05, 0.1) is 74.9 Å². The highest BCUT2D eigenvalue weighted by molar-refractivity contribution is 6.16. The third kappa shape index (κ3) is 7.80. The van der Waals surface area contributed by atoms with Crippen LogP contribution in [0.2, 0.25) is 0 Å². The van der Waals surface area contributed by atoms with E-state index in [1.54, 1.807) is 22.8 Å². The lowest BCUT2D eigenvalue weighted by atomic mass is 9.88. The summed E-state index contributed by atoms with van der Waals surface area (Å²) in [6.07, 6.45) is 5.36. The molecule has 0 fully saturated rings. The van der Waals surface area contributed by atoms with Crippen LogP contribution >= 0.6 is 0 Å².